The molecular formula is C14H26O. The Morgan fingerprint density at radius 2 is 1.47 bits per heavy atom. The Bertz CT molecular complexity index is 189. The molecule has 0 bridgehead atoms. The molecule has 0 spiro atoms. The van der Waals surface area contributed by atoms with Gasteiger partial charge in [0, 0.05) is 11.8 Å². The second kappa shape index (κ2) is 5.67. The van der Waals surface area contributed by atoms with Gasteiger partial charge in [0.05, 0.1) is 0 Å². The lowest BCUT2D eigenvalue weighted by molar-refractivity contribution is -0.132. The summed E-state index contributed by atoms with van der Waals surface area (Å²) in [6, 6.07) is 0. The van der Waals surface area contributed by atoms with Gasteiger partial charge < -0.3 is 0 Å². The first kappa shape index (κ1) is 12.7. The maximum atomic E-state index is 12.3. The zero-order valence-electron chi connectivity index (χ0n) is 10.8. The number of hydrogen-bond donors (Lipinski definition) is 0. The first-order chi connectivity index (χ1) is 7.11. The first-order valence-corrected chi connectivity index (χ1v) is 6.65. The summed E-state index contributed by atoms with van der Waals surface area (Å²) in [7, 11) is 0. The van der Waals surface area contributed by atoms with E-state index >= 15 is 0 Å². The molecule has 0 saturated heterocycles. The highest BCUT2D eigenvalue weighted by Gasteiger charge is 2.35. The van der Waals surface area contributed by atoms with E-state index in [0.717, 1.165) is 25.7 Å². The van der Waals surface area contributed by atoms with Gasteiger partial charge in [-0.2, -0.15) is 0 Å². The first-order valence-electron chi connectivity index (χ1n) is 6.65. The van der Waals surface area contributed by atoms with Crippen LogP contribution in [0.2, 0.25) is 0 Å². The van der Waals surface area contributed by atoms with Crippen LogP contribution < -0.4 is 0 Å². The quantitative estimate of drug-likeness (QED) is 0.683. The fraction of sp³-hybridized carbons (Fsp3) is 0.929. The van der Waals surface area contributed by atoms with Crippen molar-refractivity contribution in [2.75, 3.05) is 0 Å². The van der Waals surface area contributed by atoms with Crippen LogP contribution in [-0.2, 0) is 4.79 Å². The minimum absolute atomic E-state index is 0.364. The molecule has 1 rings (SSSR count). The summed E-state index contributed by atoms with van der Waals surface area (Å²) in [6.45, 7) is 8.87. The number of ketones is 1. The van der Waals surface area contributed by atoms with E-state index in [4.69, 9.17) is 0 Å². The Hall–Kier alpha value is -0.330. The molecule has 1 heteroatoms. The molecule has 1 nitrogen and oxygen atoms in total. The molecule has 0 heterocycles. The number of carbonyl (C=O) groups excluding carboxylic acids is 1. The average molecular weight is 210 g/mol. The second-order valence-corrected chi connectivity index (χ2v) is 5.32. The summed E-state index contributed by atoms with van der Waals surface area (Å²) in [5.74, 6) is 2.48. The minimum atomic E-state index is 0.364. The molecule has 15 heavy (non-hydrogen) atoms. The lowest BCUT2D eigenvalue weighted by Crippen LogP contribution is -2.35. The zero-order valence-corrected chi connectivity index (χ0v) is 10.8. The van der Waals surface area contributed by atoms with Crippen molar-refractivity contribution in [3.05, 3.63) is 0 Å². The van der Waals surface area contributed by atoms with E-state index in [1.807, 2.05) is 0 Å². The predicted octanol–water partition coefficient (Wildman–Crippen LogP) is 4.06. The molecule has 0 N–H and O–H groups in total. The average Bonchev–Trinajstić information content (AvgIpc) is 2.27. The maximum absolute atomic E-state index is 12.3. The molecule has 1 fully saturated rings. The maximum Gasteiger partial charge on any atom is 0.139 e. The largest absolute Gasteiger partial charge is 0.299 e. The Labute approximate surface area is 94.6 Å². The predicted molar refractivity (Wildman–Crippen MR) is 64.7 cm³/mol. The van der Waals surface area contributed by atoms with Crippen LogP contribution >= 0.6 is 0 Å². The molecule has 0 aromatic heterocycles. The van der Waals surface area contributed by atoms with Crippen LogP contribution in [0.25, 0.3) is 0 Å². The molecule has 0 amide bonds. The SMILES string of the molecule is CC[C@@H](C)[C@H]1CCC[C@@H]([C@@H](C)CC)C1=O. The monoisotopic (exact) mass is 210 g/mol. The van der Waals surface area contributed by atoms with Crippen LogP contribution in [0.1, 0.15) is 59.8 Å². The van der Waals surface area contributed by atoms with Crippen molar-refractivity contribution in [1.82, 2.24) is 0 Å². The highest BCUT2D eigenvalue weighted by atomic mass is 16.1. The molecule has 0 radical (unpaired) electrons. The van der Waals surface area contributed by atoms with Gasteiger partial charge in [-0.05, 0) is 24.7 Å². The molecule has 88 valence electrons. The van der Waals surface area contributed by atoms with Crippen LogP contribution in [0.5, 0.6) is 0 Å². The van der Waals surface area contributed by atoms with Crippen LogP contribution in [0.4, 0.5) is 0 Å². The Kier molecular flexibility index (Phi) is 4.82. The fourth-order valence-corrected chi connectivity index (χ4v) is 2.82. The Morgan fingerprint density at radius 3 is 1.80 bits per heavy atom. The van der Waals surface area contributed by atoms with Crippen molar-refractivity contribution in [2.45, 2.75) is 59.8 Å². The standard InChI is InChI=1S/C14H26O/c1-5-10(3)12-8-7-9-13(14(12)15)11(4)6-2/h10-13H,5-9H2,1-4H3/t10-,11+,12-,13+. The summed E-state index contributed by atoms with van der Waals surface area (Å²) in [5, 5.41) is 0. The van der Waals surface area contributed by atoms with Crippen LogP contribution in [0.15, 0.2) is 0 Å². The van der Waals surface area contributed by atoms with E-state index in [0.29, 0.717) is 29.5 Å². The van der Waals surface area contributed by atoms with E-state index in [-0.39, 0.29) is 0 Å². The van der Waals surface area contributed by atoms with Crippen molar-refractivity contribution in [3.63, 3.8) is 0 Å². The van der Waals surface area contributed by atoms with E-state index in [9.17, 15) is 4.79 Å². The fourth-order valence-electron chi connectivity index (χ4n) is 2.82. The highest BCUT2D eigenvalue weighted by Crippen LogP contribution is 2.36. The minimum Gasteiger partial charge on any atom is -0.299 e. The van der Waals surface area contributed by atoms with E-state index < -0.39 is 0 Å². The molecule has 0 aromatic rings. The molecule has 4 atom stereocenters. The molecule has 1 aliphatic rings. The number of hydrogen-bond acceptors (Lipinski definition) is 1. The molecule has 0 aliphatic heterocycles. The van der Waals surface area contributed by atoms with Gasteiger partial charge in [-0.15, -0.1) is 0 Å². The van der Waals surface area contributed by atoms with Crippen molar-refractivity contribution in [1.29, 1.82) is 0 Å². The molecule has 1 saturated carbocycles. The summed E-state index contributed by atoms with van der Waals surface area (Å²) in [5.41, 5.74) is 0. The van der Waals surface area contributed by atoms with E-state index in [1.54, 1.807) is 0 Å². The second-order valence-electron chi connectivity index (χ2n) is 5.32. The van der Waals surface area contributed by atoms with Gasteiger partial charge in [-0.3, -0.25) is 4.79 Å². The Morgan fingerprint density at radius 1 is 1.07 bits per heavy atom. The lowest BCUT2D eigenvalue weighted by atomic mass is 9.69. The number of Topliss-reactive ketones (excluding diaryl/α,β-unsaturated/α-hetero) is 1. The molecule has 0 aromatic carbocycles. The highest BCUT2D eigenvalue weighted by molar-refractivity contribution is 5.84. The van der Waals surface area contributed by atoms with Gasteiger partial charge in [-0.1, -0.05) is 47.0 Å². The third-order valence-electron chi connectivity index (χ3n) is 4.42. The van der Waals surface area contributed by atoms with Crippen LogP contribution in [-0.4, -0.2) is 5.78 Å². The summed E-state index contributed by atoms with van der Waals surface area (Å²) >= 11 is 0. The third kappa shape index (κ3) is 2.83. The normalized spacial score (nSPS) is 31.3. The molecule has 0 unspecified atom stereocenters. The van der Waals surface area contributed by atoms with Gasteiger partial charge in [-0.25, -0.2) is 0 Å². The summed E-state index contributed by atoms with van der Waals surface area (Å²) in [4.78, 5) is 12.3. The topological polar surface area (TPSA) is 17.1 Å². The molecule has 1 aliphatic carbocycles. The molecular weight excluding hydrogens is 184 g/mol. The van der Waals surface area contributed by atoms with E-state index in [1.165, 1.54) is 6.42 Å². The van der Waals surface area contributed by atoms with Gasteiger partial charge in [0.1, 0.15) is 5.78 Å². The third-order valence-corrected chi connectivity index (χ3v) is 4.42. The van der Waals surface area contributed by atoms with Gasteiger partial charge >= 0.3 is 0 Å². The summed E-state index contributed by atoms with van der Waals surface area (Å²) < 4.78 is 0. The van der Waals surface area contributed by atoms with Crippen LogP contribution in [0, 0.1) is 23.7 Å². The van der Waals surface area contributed by atoms with Crippen molar-refractivity contribution in [3.8, 4) is 0 Å². The van der Waals surface area contributed by atoms with Crippen molar-refractivity contribution < 1.29 is 4.79 Å². The van der Waals surface area contributed by atoms with Crippen molar-refractivity contribution >= 4 is 5.78 Å². The number of carbonyl (C=O) groups is 1. The van der Waals surface area contributed by atoms with Gasteiger partial charge in [0.15, 0.2) is 0 Å². The lowest BCUT2D eigenvalue weighted by Gasteiger charge is -2.34. The van der Waals surface area contributed by atoms with Crippen LogP contribution in [0.3, 0.4) is 0 Å². The van der Waals surface area contributed by atoms with Gasteiger partial charge in [0.25, 0.3) is 0 Å². The Balaban J connectivity index is 2.66. The van der Waals surface area contributed by atoms with E-state index in [2.05, 4.69) is 27.7 Å². The smallest absolute Gasteiger partial charge is 0.139 e. The van der Waals surface area contributed by atoms with Crippen molar-refractivity contribution in [2.24, 2.45) is 23.7 Å². The number of rotatable bonds is 4. The summed E-state index contributed by atoms with van der Waals surface area (Å²) in [6.07, 6.45) is 5.82. The van der Waals surface area contributed by atoms with Gasteiger partial charge in [0.2, 0.25) is 0 Å². The zero-order chi connectivity index (χ0) is 11.4.